The minimum Gasteiger partial charge on any atom is -0.389 e. The predicted molar refractivity (Wildman–Crippen MR) is 80.5 cm³/mol. The number of carbonyl (C=O) groups excluding carboxylic acids is 1. The molecule has 2 aliphatic heterocycles. The van der Waals surface area contributed by atoms with Gasteiger partial charge in [-0.05, 0) is 12.1 Å². The van der Waals surface area contributed by atoms with Crippen molar-refractivity contribution in [2.24, 2.45) is 0 Å². The average molecular weight is 342 g/mol. The van der Waals surface area contributed by atoms with Crippen LogP contribution in [0.2, 0.25) is 0 Å². The van der Waals surface area contributed by atoms with Gasteiger partial charge in [0, 0.05) is 26.2 Å². The topological polar surface area (TPSA) is 73.2 Å². The van der Waals surface area contributed by atoms with Crippen molar-refractivity contribution in [2.45, 2.75) is 18.2 Å². The van der Waals surface area contributed by atoms with Crippen LogP contribution in [0, 0.1) is 11.6 Å². The van der Waals surface area contributed by atoms with Gasteiger partial charge in [0.1, 0.15) is 6.10 Å². The monoisotopic (exact) mass is 342 g/mol. The van der Waals surface area contributed by atoms with Crippen molar-refractivity contribution in [3.05, 3.63) is 35.4 Å². The van der Waals surface area contributed by atoms with Gasteiger partial charge in [-0.1, -0.05) is 6.07 Å². The number of benzene rings is 1. The smallest absolute Gasteiger partial charge is 0.257 e. The molecule has 0 unspecified atom stereocenters. The lowest BCUT2D eigenvalue weighted by atomic mass is 10.0. The van der Waals surface area contributed by atoms with Crippen LogP contribution in [0.25, 0.3) is 0 Å². The second-order valence-corrected chi connectivity index (χ2v) is 6.09. The first-order valence-corrected chi connectivity index (χ1v) is 7.90. The molecule has 2 fully saturated rings. The molecule has 2 saturated heterocycles. The van der Waals surface area contributed by atoms with E-state index in [1.54, 1.807) is 0 Å². The van der Waals surface area contributed by atoms with E-state index in [1.807, 2.05) is 4.90 Å². The lowest BCUT2D eigenvalue weighted by Crippen LogP contribution is -2.60. The highest BCUT2D eigenvalue weighted by molar-refractivity contribution is 5.94. The Morgan fingerprint density at radius 3 is 2.54 bits per heavy atom. The molecular formula is C16H20F2N2O4. The normalized spacial score (nSPS) is 28.8. The van der Waals surface area contributed by atoms with Gasteiger partial charge in [-0.25, -0.2) is 8.78 Å². The van der Waals surface area contributed by atoms with Gasteiger partial charge in [-0.15, -0.1) is 0 Å². The first-order chi connectivity index (χ1) is 11.5. The molecule has 132 valence electrons. The molecule has 24 heavy (non-hydrogen) atoms. The van der Waals surface area contributed by atoms with Crippen molar-refractivity contribution in [3.63, 3.8) is 0 Å². The summed E-state index contributed by atoms with van der Waals surface area (Å²) < 4.78 is 32.3. The highest BCUT2D eigenvalue weighted by Crippen LogP contribution is 2.19. The van der Waals surface area contributed by atoms with E-state index >= 15 is 0 Å². The van der Waals surface area contributed by atoms with E-state index < -0.39 is 29.7 Å². The van der Waals surface area contributed by atoms with Crippen molar-refractivity contribution in [1.82, 2.24) is 9.80 Å². The third-order valence-corrected chi connectivity index (χ3v) is 4.62. The quantitative estimate of drug-likeness (QED) is 0.782. The maximum absolute atomic E-state index is 13.8. The van der Waals surface area contributed by atoms with Crippen LogP contribution in [-0.4, -0.2) is 83.6 Å². The van der Waals surface area contributed by atoms with E-state index in [0.29, 0.717) is 32.8 Å². The molecule has 3 atom stereocenters. The Morgan fingerprint density at radius 2 is 1.83 bits per heavy atom. The van der Waals surface area contributed by atoms with Crippen molar-refractivity contribution in [3.8, 4) is 0 Å². The Labute approximate surface area is 138 Å². The van der Waals surface area contributed by atoms with Gasteiger partial charge in [0.05, 0.1) is 30.9 Å². The third-order valence-electron chi connectivity index (χ3n) is 4.62. The zero-order chi connectivity index (χ0) is 17.3. The summed E-state index contributed by atoms with van der Waals surface area (Å²) in [6.45, 7) is 1.99. The predicted octanol–water partition coefficient (Wildman–Crippen LogP) is -0.157. The summed E-state index contributed by atoms with van der Waals surface area (Å²) in [5.74, 6) is -2.73. The summed E-state index contributed by atoms with van der Waals surface area (Å²) in [4.78, 5) is 15.8. The Kier molecular flexibility index (Phi) is 5.09. The Bertz CT molecular complexity index is 608. The molecule has 0 bridgehead atoms. The Balaban J connectivity index is 1.62. The summed E-state index contributed by atoms with van der Waals surface area (Å²) in [5.41, 5.74) is -0.278. The van der Waals surface area contributed by atoms with Gasteiger partial charge in [-0.3, -0.25) is 9.69 Å². The van der Waals surface area contributed by atoms with Crippen LogP contribution in [0.15, 0.2) is 18.2 Å². The standard InChI is InChI=1S/C16H20F2N2O4/c17-11-3-1-2-10(14(11)18)16(23)20-6-4-19(5-7-20)12-8-24-9-13(21)15(12)22/h1-3,12-13,15,21-22H,4-9H2/t12-,13-,15+/m1/s1. The number of ether oxygens (including phenoxy) is 1. The number of halogens is 2. The van der Waals surface area contributed by atoms with Crippen LogP contribution in [0.3, 0.4) is 0 Å². The summed E-state index contributed by atoms with van der Waals surface area (Å²) in [7, 11) is 0. The van der Waals surface area contributed by atoms with E-state index in [9.17, 15) is 23.8 Å². The van der Waals surface area contributed by atoms with E-state index in [-0.39, 0.29) is 18.2 Å². The van der Waals surface area contributed by atoms with Crippen molar-refractivity contribution in [2.75, 3.05) is 39.4 Å². The number of hydrogen-bond acceptors (Lipinski definition) is 5. The van der Waals surface area contributed by atoms with Crippen molar-refractivity contribution in [1.29, 1.82) is 0 Å². The van der Waals surface area contributed by atoms with Crippen molar-refractivity contribution < 1.29 is 28.5 Å². The number of aliphatic hydroxyl groups excluding tert-OH is 2. The van der Waals surface area contributed by atoms with Crippen LogP contribution in [0.4, 0.5) is 8.78 Å². The molecule has 6 nitrogen and oxygen atoms in total. The van der Waals surface area contributed by atoms with E-state index in [0.717, 1.165) is 6.07 Å². The second kappa shape index (κ2) is 7.10. The molecule has 2 heterocycles. The number of aliphatic hydroxyl groups is 2. The highest BCUT2D eigenvalue weighted by Gasteiger charge is 2.37. The molecule has 2 N–H and O–H groups in total. The van der Waals surface area contributed by atoms with Gasteiger partial charge in [0.15, 0.2) is 11.6 Å². The molecule has 8 heteroatoms. The SMILES string of the molecule is O=C(c1cccc(F)c1F)N1CCN([C@@H]2COC[C@@H](O)[C@H]2O)CC1. The lowest BCUT2D eigenvalue weighted by molar-refractivity contribution is -0.136. The number of nitrogens with zero attached hydrogens (tertiary/aromatic N) is 2. The summed E-state index contributed by atoms with van der Waals surface area (Å²) in [5, 5.41) is 19.7. The maximum atomic E-state index is 13.8. The molecule has 2 aliphatic rings. The molecular weight excluding hydrogens is 322 g/mol. The largest absolute Gasteiger partial charge is 0.389 e. The Hall–Kier alpha value is -1.61. The Morgan fingerprint density at radius 1 is 1.12 bits per heavy atom. The zero-order valence-electron chi connectivity index (χ0n) is 13.1. The summed E-state index contributed by atoms with van der Waals surface area (Å²) in [6.07, 6.45) is -1.83. The van der Waals surface area contributed by atoms with E-state index in [2.05, 4.69) is 0 Å². The minimum atomic E-state index is -1.14. The minimum absolute atomic E-state index is 0.106. The number of carbonyl (C=O) groups is 1. The summed E-state index contributed by atoms with van der Waals surface area (Å²) in [6, 6.07) is 3.21. The van der Waals surface area contributed by atoms with Gasteiger partial charge in [0.25, 0.3) is 5.91 Å². The fourth-order valence-electron chi connectivity index (χ4n) is 3.18. The molecule has 1 aromatic rings. The van der Waals surface area contributed by atoms with Crippen LogP contribution in [0.5, 0.6) is 0 Å². The average Bonchev–Trinajstić information content (AvgIpc) is 2.59. The molecule has 1 aromatic carbocycles. The first-order valence-electron chi connectivity index (χ1n) is 7.90. The van der Waals surface area contributed by atoms with Crippen LogP contribution >= 0.6 is 0 Å². The highest BCUT2D eigenvalue weighted by atomic mass is 19.2. The summed E-state index contributed by atoms with van der Waals surface area (Å²) >= 11 is 0. The molecule has 0 spiro atoms. The van der Waals surface area contributed by atoms with Crippen molar-refractivity contribution >= 4 is 5.91 Å². The second-order valence-electron chi connectivity index (χ2n) is 6.09. The fraction of sp³-hybridized carbons (Fsp3) is 0.562. The van der Waals surface area contributed by atoms with Gasteiger partial charge in [-0.2, -0.15) is 0 Å². The molecule has 0 aliphatic carbocycles. The number of hydrogen-bond donors (Lipinski definition) is 2. The van der Waals surface area contributed by atoms with Crippen LogP contribution in [-0.2, 0) is 4.74 Å². The van der Waals surface area contributed by atoms with Gasteiger partial charge in [0.2, 0.25) is 0 Å². The van der Waals surface area contributed by atoms with Gasteiger partial charge >= 0.3 is 0 Å². The number of amides is 1. The zero-order valence-corrected chi connectivity index (χ0v) is 13.1. The van der Waals surface area contributed by atoms with Crippen LogP contribution in [0.1, 0.15) is 10.4 Å². The number of piperazine rings is 1. The molecule has 0 saturated carbocycles. The van der Waals surface area contributed by atoms with E-state index in [4.69, 9.17) is 4.74 Å². The van der Waals surface area contributed by atoms with E-state index in [1.165, 1.54) is 17.0 Å². The fourth-order valence-corrected chi connectivity index (χ4v) is 3.18. The molecule has 0 aromatic heterocycles. The molecule has 0 radical (unpaired) electrons. The molecule has 1 amide bonds. The van der Waals surface area contributed by atoms with Gasteiger partial charge < -0.3 is 19.8 Å². The first kappa shape index (κ1) is 17.2. The third kappa shape index (κ3) is 3.27. The number of rotatable bonds is 2. The lowest BCUT2D eigenvalue weighted by Gasteiger charge is -2.43. The van der Waals surface area contributed by atoms with Crippen LogP contribution < -0.4 is 0 Å². The molecule has 3 rings (SSSR count). The maximum Gasteiger partial charge on any atom is 0.257 e.